The topological polar surface area (TPSA) is 48.7 Å². The molecule has 0 saturated carbocycles. The first-order chi connectivity index (χ1) is 9.78. The van der Waals surface area contributed by atoms with Crippen molar-refractivity contribution in [2.24, 2.45) is 0 Å². The molecular weight excluding hydrogens is 246 g/mol. The molecule has 0 bridgehead atoms. The SMILES string of the molecule is CCc1ccnc(NC2=Cc3ccc(C#N)cc3C2)c1. The number of aromatic nitrogens is 1. The van der Waals surface area contributed by atoms with Gasteiger partial charge in [-0.15, -0.1) is 0 Å². The quantitative estimate of drug-likeness (QED) is 0.919. The van der Waals surface area contributed by atoms with E-state index in [0.29, 0.717) is 5.56 Å². The highest BCUT2D eigenvalue weighted by molar-refractivity contribution is 5.68. The van der Waals surface area contributed by atoms with Crippen LogP contribution in [0.15, 0.2) is 42.2 Å². The van der Waals surface area contributed by atoms with E-state index in [-0.39, 0.29) is 0 Å². The summed E-state index contributed by atoms with van der Waals surface area (Å²) >= 11 is 0. The number of nitriles is 1. The van der Waals surface area contributed by atoms with Crippen molar-refractivity contribution in [3.05, 3.63) is 64.5 Å². The molecule has 1 aromatic carbocycles. The van der Waals surface area contributed by atoms with Crippen LogP contribution in [0.3, 0.4) is 0 Å². The summed E-state index contributed by atoms with van der Waals surface area (Å²) in [5, 5.41) is 12.3. The molecule has 2 aromatic rings. The Hall–Kier alpha value is -2.60. The van der Waals surface area contributed by atoms with Crippen molar-refractivity contribution >= 4 is 11.9 Å². The highest BCUT2D eigenvalue weighted by Crippen LogP contribution is 2.26. The van der Waals surface area contributed by atoms with Gasteiger partial charge in [-0.05, 0) is 53.5 Å². The summed E-state index contributed by atoms with van der Waals surface area (Å²) in [6.45, 7) is 2.13. The monoisotopic (exact) mass is 261 g/mol. The summed E-state index contributed by atoms with van der Waals surface area (Å²) in [4.78, 5) is 4.34. The summed E-state index contributed by atoms with van der Waals surface area (Å²) in [6.07, 6.45) is 5.78. The molecule has 0 unspecified atom stereocenters. The smallest absolute Gasteiger partial charge is 0.130 e. The number of nitrogens with one attached hydrogen (secondary N) is 1. The molecule has 1 aliphatic rings. The van der Waals surface area contributed by atoms with E-state index in [0.717, 1.165) is 24.4 Å². The molecule has 0 radical (unpaired) electrons. The molecule has 1 N–H and O–H groups in total. The fourth-order valence-electron chi connectivity index (χ4n) is 2.42. The number of allylic oxidation sites excluding steroid dienone is 1. The number of pyridine rings is 1. The van der Waals surface area contributed by atoms with Crippen molar-refractivity contribution in [3.63, 3.8) is 0 Å². The Bertz CT molecular complexity index is 723. The van der Waals surface area contributed by atoms with Gasteiger partial charge in [0.05, 0.1) is 11.6 Å². The number of nitrogens with zero attached hydrogens (tertiary/aromatic N) is 2. The third kappa shape index (κ3) is 2.41. The van der Waals surface area contributed by atoms with Crippen molar-refractivity contribution in [1.82, 2.24) is 4.98 Å². The zero-order valence-electron chi connectivity index (χ0n) is 11.4. The van der Waals surface area contributed by atoms with Crippen molar-refractivity contribution < 1.29 is 0 Å². The Morgan fingerprint density at radius 2 is 2.20 bits per heavy atom. The van der Waals surface area contributed by atoms with Gasteiger partial charge in [-0.3, -0.25) is 0 Å². The Balaban J connectivity index is 1.79. The van der Waals surface area contributed by atoms with Crippen molar-refractivity contribution in [2.75, 3.05) is 5.32 Å². The molecule has 0 amide bonds. The van der Waals surface area contributed by atoms with Gasteiger partial charge >= 0.3 is 0 Å². The van der Waals surface area contributed by atoms with Crippen LogP contribution in [0.4, 0.5) is 5.82 Å². The van der Waals surface area contributed by atoms with E-state index in [2.05, 4.69) is 35.4 Å². The lowest BCUT2D eigenvalue weighted by Gasteiger charge is -2.07. The molecule has 1 aliphatic carbocycles. The van der Waals surface area contributed by atoms with Crippen molar-refractivity contribution in [2.45, 2.75) is 19.8 Å². The van der Waals surface area contributed by atoms with Gasteiger partial charge in [0.1, 0.15) is 5.82 Å². The maximum absolute atomic E-state index is 8.94. The molecule has 0 fully saturated rings. The predicted octanol–water partition coefficient (Wildman–Crippen LogP) is 3.52. The van der Waals surface area contributed by atoms with Crippen LogP contribution >= 0.6 is 0 Å². The number of hydrogen-bond acceptors (Lipinski definition) is 3. The van der Waals surface area contributed by atoms with Crippen LogP contribution in [0.2, 0.25) is 0 Å². The normalized spacial score (nSPS) is 12.5. The van der Waals surface area contributed by atoms with E-state index in [1.807, 2.05) is 30.5 Å². The van der Waals surface area contributed by atoms with Gasteiger partial charge < -0.3 is 5.32 Å². The van der Waals surface area contributed by atoms with E-state index >= 15 is 0 Å². The molecular formula is C17H15N3. The van der Waals surface area contributed by atoms with Crippen LogP contribution in [0, 0.1) is 11.3 Å². The number of rotatable bonds is 3. The lowest BCUT2D eigenvalue weighted by Crippen LogP contribution is -2.01. The number of benzene rings is 1. The third-order valence-corrected chi connectivity index (χ3v) is 3.50. The minimum atomic E-state index is 0.713. The lowest BCUT2D eigenvalue weighted by molar-refractivity contribution is 1.11. The number of anilines is 1. The molecule has 98 valence electrons. The van der Waals surface area contributed by atoms with Gasteiger partial charge in [-0.25, -0.2) is 4.98 Å². The molecule has 1 heterocycles. The van der Waals surface area contributed by atoms with Crippen LogP contribution in [-0.2, 0) is 12.8 Å². The first-order valence-electron chi connectivity index (χ1n) is 6.74. The fraction of sp³-hybridized carbons (Fsp3) is 0.176. The average molecular weight is 261 g/mol. The second-order valence-corrected chi connectivity index (χ2v) is 4.90. The molecule has 0 saturated heterocycles. The van der Waals surface area contributed by atoms with Crippen LogP contribution in [0.1, 0.15) is 29.2 Å². The van der Waals surface area contributed by atoms with Crippen LogP contribution < -0.4 is 5.32 Å². The number of hydrogen-bond donors (Lipinski definition) is 1. The first-order valence-corrected chi connectivity index (χ1v) is 6.74. The van der Waals surface area contributed by atoms with E-state index in [1.165, 1.54) is 16.7 Å². The predicted molar refractivity (Wildman–Crippen MR) is 80.1 cm³/mol. The van der Waals surface area contributed by atoms with E-state index in [4.69, 9.17) is 5.26 Å². The van der Waals surface area contributed by atoms with Gasteiger partial charge in [0.25, 0.3) is 0 Å². The Morgan fingerprint density at radius 3 is 3.00 bits per heavy atom. The second-order valence-electron chi connectivity index (χ2n) is 4.90. The summed E-state index contributed by atoms with van der Waals surface area (Å²) < 4.78 is 0. The molecule has 3 heteroatoms. The largest absolute Gasteiger partial charge is 0.343 e. The van der Waals surface area contributed by atoms with Crippen molar-refractivity contribution in [1.29, 1.82) is 5.26 Å². The highest BCUT2D eigenvalue weighted by atomic mass is 15.0. The van der Waals surface area contributed by atoms with Gasteiger partial charge in [0.15, 0.2) is 0 Å². The lowest BCUT2D eigenvalue weighted by atomic mass is 10.1. The van der Waals surface area contributed by atoms with Crippen LogP contribution in [0.5, 0.6) is 0 Å². The summed E-state index contributed by atoms with van der Waals surface area (Å²) in [5.41, 5.74) is 5.47. The minimum Gasteiger partial charge on any atom is -0.343 e. The van der Waals surface area contributed by atoms with Gasteiger partial charge in [-0.1, -0.05) is 13.0 Å². The minimum absolute atomic E-state index is 0.713. The highest BCUT2D eigenvalue weighted by Gasteiger charge is 2.13. The first kappa shape index (κ1) is 12.4. The summed E-state index contributed by atoms with van der Waals surface area (Å²) in [7, 11) is 0. The van der Waals surface area contributed by atoms with E-state index < -0.39 is 0 Å². The van der Waals surface area contributed by atoms with Crippen molar-refractivity contribution in [3.8, 4) is 6.07 Å². The van der Waals surface area contributed by atoms with Gasteiger partial charge in [-0.2, -0.15) is 5.26 Å². The zero-order valence-corrected chi connectivity index (χ0v) is 11.4. The summed E-state index contributed by atoms with van der Waals surface area (Å²) in [6, 6.07) is 12.1. The van der Waals surface area contributed by atoms with Gasteiger partial charge in [0.2, 0.25) is 0 Å². The Labute approximate surface area is 118 Å². The van der Waals surface area contributed by atoms with Gasteiger partial charge in [0, 0.05) is 18.3 Å². The Kier molecular flexibility index (Phi) is 3.22. The molecule has 1 aromatic heterocycles. The summed E-state index contributed by atoms with van der Waals surface area (Å²) in [5.74, 6) is 0.879. The average Bonchev–Trinajstić information content (AvgIpc) is 2.88. The molecule has 0 atom stereocenters. The molecule has 0 aliphatic heterocycles. The van der Waals surface area contributed by atoms with Crippen LogP contribution in [-0.4, -0.2) is 4.98 Å². The number of fused-ring (bicyclic) bond motifs is 1. The zero-order chi connectivity index (χ0) is 13.9. The molecule has 3 rings (SSSR count). The third-order valence-electron chi connectivity index (χ3n) is 3.50. The van der Waals surface area contributed by atoms with E-state index in [1.54, 1.807) is 0 Å². The Morgan fingerprint density at radius 1 is 1.30 bits per heavy atom. The van der Waals surface area contributed by atoms with Crippen LogP contribution in [0.25, 0.3) is 6.08 Å². The maximum atomic E-state index is 8.94. The molecule has 0 spiro atoms. The molecule has 20 heavy (non-hydrogen) atoms. The standard InChI is InChI=1S/C17H15N3/c1-2-12-5-6-19-17(8-12)20-16-9-14-4-3-13(11-18)7-15(14)10-16/h3-9H,2,10H2,1H3,(H,19,20). The maximum Gasteiger partial charge on any atom is 0.130 e. The van der Waals surface area contributed by atoms with E-state index in [9.17, 15) is 0 Å². The molecule has 3 nitrogen and oxygen atoms in total. The second kappa shape index (κ2) is 5.18. The number of aryl methyl sites for hydroxylation is 1. The fourth-order valence-corrected chi connectivity index (χ4v) is 2.42.